The molecular weight excluding hydrogens is 226 g/mol. The van der Waals surface area contributed by atoms with Crippen molar-refractivity contribution in [1.82, 2.24) is 0 Å². The Morgan fingerprint density at radius 1 is 1.56 bits per heavy atom. The number of aliphatic hydroxyl groups is 1. The number of hydrogen-bond donors (Lipinski definition) is 2. The highest BCUT2D eigenvalue weighted by Crippen LogP contribution is 2.28. The number of carbonyl (C=O) groups is 1. The van der Waals surface area contributed by atoms with Gasteiger partial charge in [0, 0.05) is 4.90 Å². The lowest BCUT2D eigenvalue weighted by Crippen LogP contribution is -2.14. The number of benzene rings is 1. The van der Waals surface area contributed by atoms with Crippen molar-refractivity contribution in [2.24, 2.45) is 5.73 Å². The van der Waals surface area contributed by atoms with Crippen LogP contribution in [0.2, 0.25) is 0 Å². The summed E-state index contributed by atoms with van der Waals surface area (Å²) in [6.07, 6.45) is 1.93. The molecule has 0 spiro atoms. The molecule has 88 valence electrons. The Kier molecular flexibility index (Phi) is 4.64. The van der Waals surface area contributed by atoms with Crippen LogP contribution in [0.3, 0.4) is 0 Å². The van der Waals surface area contributed by atoms with Crippen LogP contribution < -0.4 is 10.5 Å². The standard InChI is InChI=1S/C11H15NO3S/c1-7-5-9(15-4-3-13)8(11(12)14)6-10(7)16-2/h5-6,13H,3-4H2,1-2H3,(H2,12,14). The van der Waals surface area contributed by atoms with Gasteiger partial charge in [-0.05, 0) is 30.9 Å². The molecule has 1 aromatic carbocycles. The van der Waals surface area contributed by atoms with E-state index >= 15 is 0 Å². The smallest absolute Gasteiger partial charge is 0.252 e. The predicted molar refractivity (Wildman–Crippen MR) is 64.1 cm³/mol. The molecule has 0 heterocycles. The number of hydrogen-bond acceptors (Lipinski definition) is 4. The SMILES string of the molecule is CSc1cc(C(N)=O)c(OCCO)cc1C. The van der Waals surface area contributed by atoms with E-state index in [4.69, 9.17) is 15.6 Å². The molecule has 0 aromatic heterocycles. The average molecular weight is 241 g/mol. The first kappa shape index (κ1) is 12.9. The van der Waals surface area contributed by atoms with Crippen molar-refractivity contribution in [1.29, 1.82) is 0 Å². The van der Waals surface area contributed by atoms with Gasteiger partial charge >= 0.3 is 0 Å². The number of thioether (sulfide) groups is 1. The van der Waals surface area contributed by atoms with E-state index in [2.05, 4.69) is 0 Å². The Hall–Kier alpha value is -1.20. The van der Waals surface area contributed by atoms with E-state index in [-0.39, 0.29) is 13.2 Å². The molecule has 0 aliphatic rings. The number of aliphatic hydroxyl groups excluding tert-OH is 1. The molecule has 16 heavy (non-hydrogen) atoms. The first-order chi connectivity index (χ1) is 7.60. The van der Waals surface area contributed by atoms with Crippen molar-refractivity contribution in [3.63, 3.8) is 0 Å². The zero-order chi connectivity index (χ0) is 12.1. The van der Waals surface area contributed by atoms with Crippen molar-refractivity contribution >= 4 is 17.7 Å². The lowest BCUT2D eigenvalue weighted by Gasteiger charge is -2.12. The summed E-state index contributed by atoms with van der Waals surface area (Å²) in [5.41, 5.74) is 6.64. The van der Waals surface area contributed by atoms with E-state index in [1.165, 1.54) is 0 Å². The third kappa shape index (κ3) is 2.90. The van der Waals surface area contributed by atoms with E-state index in [9.17, 15) is 4.79 Å². The van der Waals surface area contributed by atoms with Crippen LogP contribution in [0.5, 0.6) is 5.75 Å². The molecule has 1 aromatic rings. The Balaban J connectivity index is 3.14. The monoisotopic (exact) mass is 241 g/mol. The summed E-state index contributed by atoms with van der Waals surface area (Å²) in [7, 11) is 0. The molecule has 0 saturated carbocycles. The largest absolute Gasteiger partial charge is 0.490 e. The number of amides is 1. The molecule has 5 heteroatoms. The van der Waals surface area contributed by atoms with Gasteiger partial charge in [-0.25, -0.2) is 0 Å². The molecule has 0 saturated heterocycles. The van der Waals surface area contributed by atoms with Gasteiger partial charge in [0.2, 0.25) is 0 Å². The molecule has 0 unspecified atom stereocenters. The van der Waals surface area contributed by atoms with E-state index < -0.39 is 5.91 Å². The summed E-state index contributed by atoms with van der Waals surface area (Å²) in [6, 6.07) is 3.48. The average Bonchev–Trinajstić information content (AvgIpc) is 2.25. The van der Waals surface area contributed by atoms with E-state index in [0.717, 1.165) is 10.5 Å². The summed E-state index contributed by atoms with van der Waals surface area (Å²) in [5, 5.41) is 8.68. The fourth-order valence-electron chi connectivity index (χ4n) is 1.35. The number of ether oxygens (including phenoxy) is 1. The zero-order valence-corrected chi connectivity index (χ0v) is 10.1. The van der Waals surface area contributed by atoms with Crippen molar-refractivity contribution in [2.75, 3.05) is 19.5 Å². The maximum Gasteiger partial charge on any atom is 0.252 e. The first-order valence-corrected chi connectivity index (χ1v) is 6.04. The molecule has 1 amide bonds. The Labute approximate surface area is 98.8 Å². The number of nitrogens with two attached hydrogens (primary N) is 1. The summed E-state index contributed by atoms with van der Waals surface area (Å²) in [4.78, 5) is 12.2. The van der Waals surface area contributed by atoms with Crippen LogP contribution in [0, 0.1) is 6.92 Å². The van der Waals surface area contributed by atoms with Crippen molar-refractivity contribution in [3.05, 3.63) is 23.3 Å². The van der Waals surface area contributed by atoms with Crippen LogP contribution >= 0.6 is 11.8 Å². The summed E-state index contributed by atoms with van der Waals surface area (Å²) >= 11 is 1.55. The van der Waals surface area contributed by atoms with E-state index in [1.54, 1.807) is 23.9 Å². The molecule has 0 aliphatic carbocycles. The maximum atomic E-state index is 11.2. The van der Waals surface area contributed by atoms with Gasteiger partial charge in [0.15, 0.2) is 0 Å². The number of aryl methyl sites for hydroxylation is 1. The molecule has 1 rings (SSSR count). The zero-order valence-electron chi connectivity index (χ0n) is 9.32. The molecule has 0 fully saturated rings. The molecule has 3 N–H and O–H groups in total. The molecule has 4 nitrogen and oxygen atoms in total. The maximum absolute atomic E-state index is 11.2. The summed E-state index contributed by atoms with van der Waals surface area (Å²) < 4.78 is 5.27. The molecule has 0 atom stereocenters. The van der Waals surface area contributed by atoms with Gasteiger partial charge in [-0.1, -0.05) is 0 Å². The third-order valence-corrected chi connectivity index (χ3v) is 2.99. The van der Waals surface area contributed by atoms with Gasteiger partial charge in [0.05, 0.1) is 12.2 Å². The Morgan fingerprint density at radius 3 is 2.75 bits per heavy atom. The number of rotatable bonds is 5. The third-order valence-electron chi connectivity index (χ3n) is 2.11. The summed E-state index contributed by atoms with van der Waals surface area (Å²) in [6.45, 7) is 1.99. The fraction of sp³-hybridized carbons (Fsp3) is 0.364. The molecule has 0 bridgehead atoms. The van der Waals surface area contributed by atoms with E-state index in [0.29, 0.717) is 11.3 Å². The van der Waals surface area contributed by atoms with Gasteiger partial charge < -0.3 is 15.6 Å². The number of carbonyl (C=O) groups excluding carboxylic acids is 1. The van der Waals surface area contributed by atoms with Crippen LogP contribution in [-0.2, 0) is 0 Å². The van der Waals surface area contributed by atoms with Gasteiger partial charge in [0.1, 0.15) is 12.4 Å². The highest BCUT2D eigenvalue weighted by molar-refractivity contribution is 7.98. The second-order valence-electron chi connectivity index (χ2n) is 3.25. The van der Waals surface area contributed by atoms with Gasteiger partial charge in [0.25, 0.3) is 5.91 Å². The summed E-state index contributed by atoms with van der Waals surface area (Å²) in [5.74, 6) is -0.0971. The van der Waals surface area contributed by atoms with Crippen molar-refractivity contribution in [2.45, 2.75) is 11.8 Å². The lowest BCUT2D eigenvalue weighted by molar-refractivity contribution is 0.0994. The van der Waals surface area contributed by atoms with Crippen LogP contribution in [0.1, 0.15) is 15.9 Å². The van der Waals surface area contributed by atoms with Gasteiger partial charge in [-0.15, -0.1) is 11.8 Å². The van der Waals surface area contributed by atoms with Crippen molar-refractivity contribution in [3.8, 4) is 5.75 Å². The van der Waals surface area contributed by atoms with Gasteiger partial charge in [-0.3, -0.25) is 4.79 Å². The molecule has 0 aliphatic heterocycles. The quantitative estimate of drug-likeness (QED) is 0.759. The molecule has 0 radical (unpaired) electrons. The minimum Gasteiger partial charge on any atom is -0.490 e. The highest BCUT2D eigenvalue weighted by atomic mass is 32.2. The Morgan fingerprint density at radius 2 is 2.25 bits per heavy atom. The lowest BCUT2D eigenvalue weighted by atomic mass is 10.1. The number of primary amides is 1. The van der Waals surface area contributed by atoms with E-state index in [1.807, 2.05) is 13.2 Å². The van der Waals surface area contributed by atoms with Crippen LogP contribution in [-0.4, -0.2) is 30.5 Å². The normalized spacial score (nSPS) is 10.2. The van der Waals surface area contributed by atoms with Crippen LogP contribution in [0.25, 0.3) is 0 Å². The minimum absolute atomic E-state index is 0.0957. The topological polar surface area (TPSA) is 72.6 Å². The van der Waals surface area contributed by atoms with Crippen molar-refractivity contribution < 1.29 is 14.6 Å². The van der Waals surface area contributed by atoms with Gasteiger partial charge in [-0.2, -0.15) is 0 Å². The predicted octanol–water partition coefficient (Wildman–Crippen LogP) is 1.19. The fourth-order valence-corrected chi connectivity index (χ4v) is 1.97. The van der Waals surface area contributed by atoms with Crippen LogP contribution in [0.4, 0.5) is 0 Å². The first-order valence-electron chi connectivity index (χ1n) is 4.82. The molecular formula is C11H15NO3S. The second kappa shape index (κ2) is 5.77. The van der Waals surface area contributed by atoms with Crippen LogP contribution in [0.15, 0.2) is 17.0 Å². The minimum atomic E-state index is -0.525. The Bertz CT molecular complexity index is 393. The highest BCUT2D eigenvalue weighted by Gasteiger charge is 2.12. The second-order valence-corrected chi connectivity index (χ2v) is 4.10.